The lowest BCUT2D eigenvalue weighted by Crippen LogP contribution is -2.31. The zero-order valence-electron chi connectivity index (χ0n) is 6.71. The highest BCUT2D eigenvalue weighted by Crippen LogP contribution is 2.38. The summed E-state index contributed by atoms with van der Waals surface area (Å²) in [6.45, 7) is 5.97. The monoisotopic (exact) mass is 154 g/mol. The smallest absolute Gasteiger partial charge is 0.171 e. The van der Waals surface area contributed by atoms with Gasteiger partial charge >= 0.3 is 6.18 Å². The zero-order chi connectivity index (χ0) is 8.58. The number of hydrogen-bond acceptors (Lipinski definition) is 0. The third-order valence-corrected chi connectivity index (χ3v) is 1.79. The fourth-order valence-electron chi connectivity index (χ4n) is 0.491. The first-order valence-corrected chi connectivity index (χ1v) is 3.22. The molecule has 0 amide bonds. The molecule has 0 unspecified atom stereocenters. The highest BCUT2D eigenvalue weighted by atomic mass is 19.4. The quantitative estimate of drug-likeness (QED) is 0.502. The van der Waals surface area contributed by atoms with Crippen LogP contribution in [0.1, 0.15) is 27.7 Å². The standard InChI is InChI=1S/C7H13F3/c1-5(6(2,3)4)7(8,9)10/h5H,1-4H3/t5-/m1/s1. The second-order valence-electron chi connectivity index (χ2n) is 3.63. The summed E-state index contributed by atoms with van der Waals surface area (Å²) in [6.07, 6.45) is -4.06. The van der Waals surface area contributed by atoms with Gasteiger partial charge in [0.25, 0.3) is 0 Å². The van der Waals surface area contributed by atoms with Crippen LogP contribution in [0, 0.1) is 11.3 Å². The Morgan fingerprint density at radius 2 is 1.30 bits per heavy atom. The molecule has 0 saturated heterocycles. The van der Waals surface area contributed by atoms with E-state index in [1.165, 1.54) is 6.92 Å². The maximum Gasteiger partial charge on any atom is 0.392 e. The van der Waals surface area contributed by atoms with Crippen molar-refractivity contribution in [3.63, 3.8) is 0 Å². The van der Waals surface area contributed by atoms with Gasteiger partial charge in [0.15, 0.2) is 0 Å². The van der Waals surface area contributed by atoms with E-state index in [1.54, 1.807) is 20.8 Å². The molecule has 62 valence electrons. The van der Waals surface area contributed by atoms with Crippen LogP contribution < -0.4 is 0 Å². The molecule has 0 saturated carbocycles. The van der Waals surface area contributed by atoms with Crippen LogP contribution in [0.15, 0.2) is 0 Å². The van der Waals surface area contributed by atoms with Crippen molar-refractivity contribution in [3.8, 4) is 0 Å². The zero-order valence-corrected chi connectivity index (χ0v) is 6.71. The van der Waals surface area contributed by atoms with Crippen molar-refractivity contribution in [2.24, 2.45) is 11.3 Å². The van der Waals surface area contributed by atoms with Crippen molar-refractivity contribution in [2.75, 3.05) is 0 Å². The highest BCUT2D eigenvalue weighted by Gasteiger charge is 2.42. The first-order valence-electron chi connectivity index (χ1n) is 3.22. The van der Waals surface area contributed by atoms with Crippen LogP contribution in [0.3, 0.4) is 0 Å². The van der Waals surface area contributed by atoms with Crippen LogP contribution in [0.5, 0.6) is 0 Å². The molecule has 3 heteroatoms. The molecule has 0 rings (SSSR count). The number of hydrogen-bond donors (Lipinski definition) is 0. The molecule has 0 nitrogen and oxygen atoms in total. The minimum atomic E-state index is -4.06. The van der Waals surface area contributed by atoms with Gasteiger partial charge in [0, 0.05) is 0 Å². The molecule has 0 aliphatic rings. The van der Waals surface area contributed by atoms with Crippen molar-refractivity contribution in [2.45, 2.75) is 33.9 Å². The summed E-state index contributed by atoms with van der Waals surface area (Å²) in [5, 5.41) is 0. The summed E-state index contributed by atoms with van der Waals surface area (Å²) in [4.78, 5) is 0. The molecule has 0 radical (unpaired) electrons. The van der Waals surface area contributed by atoms with Crippen LogP contribution in [0.25, 0.3) is 0 Å². The van der Waals surface area contributed by atoms with E-state index in [9.17, 15) is 13.2 Å². The lowest BCUT2D eigenvalue weighted by molar-refractivity contribution is -0.194. The molecular formula is C7H13F3. The highest BCUT2D eigenvalue weighted by molar-refractivity contribution is 4.75. The summed E-state index contributed by atoms with van der Waals surface area (Å²) >= 11 is 0. The molecule has 0 N–H and O–H groups in total. The Morgan fingerprint density at radius 3 is 1.30 bits per heavy atom. The summed E-state index contributed by atoms with van der Waals surface area (Å²) in [6, 6.07) is 0. The van der Waals surface area contributed by atoms with Crippen LogP contribution in [-0.2, 0) is 0 Å². The Kier molecular flexibility index (Phi) is 2.39. The van der Waals surface area contributed by atoms with E-state index in [0.29, 0.717) is 0 Å². The number of halogens is 3. The first-order chi connectivity index (χ1) is 4.15. The predicted molar refractivity (Wildman–Crippen MR) is 34.7 cm³/mol. The molecule has 0 aromatic carbocycles. The third kappa shape index (κ3) is 2.58. The van der Waals surface area contributed by atoms with Gasteiger partial charge in [0.05, 0.1) is 5.92 Å². The van der Waals surface area contributed by atoms with E-state index < -0.39 is 17.5 Å². The third-order valence-electron chi connectivity index (χ3n) is 1.79. The Morgan fingerprint density at radius 1 is 1.00 bits per heavy atom. The van der Waals surface area contributed by atoms with Crippen LogP contribution in [0.2, 0.25) is 0 Å². The molecule has 0 fully saturated rings. The minimum absolute atomic E-state index is 0.682. The second-order valence-corrected chi connectivity index (χ2v) is 3.63. The minimum Gasteiger partial charge on any atom is -0.171 e. The van der Waals surface area contributed by atoms with Crippen molar-refractivity contribution in [1.82, 2.24) is 0 Å². The Bertz CT molecular complexity index is 93.0. The summed E-state index contributed by atoms with van der Waals surface area (Å²) in [7, 11) is 0. The molecule has 0 heterocycles. The van der Waals surface area contributed by atoms with Crippen LogP contribution >= 0.6 is 0 Å². The molecule has 1 atom stereocenters. The van der Waals surface area contributed by atoms with Crippen molar-refractivity contribution < 1.29 is 13.2 Å². The van der Waals surface area contributed by atoms with Crippen LogP contribution in [0.4, 0.5) is 13.2 Å². The fraction of sp³-hybridized carbons (Fsp3) is 1.00. The summed E-state index contributed by atoms with van der Waals surface area (Å²) in [5.74, 6) is -1.24. The first kappa shape index (κ1) is 9.79. The van der Waals surface area contributed by atoms with E-state index in [-0.39, 0.29) is 0 Å². The summed E-state index contributed by atoms with van der Waals surface area (Å²) in [5.41, 5.74) is -0.682. The molecule has 0 aromatic rings. The molecular weight excluding hydrogens is 141 g/mol. The van der Waals surface area contributed by atoms with E-state index in [4.69, 9.17) is 0 Å². The van der Waals surface area contributed by atoms with Gasteiger partial charge in [-0.15, -0.1) is 0 Å². The SMILES string of the molecule is C[C@H](C(C)(C)C)C(F)(F)F. The number of rotatable bonds is 0. The maximum absolute atomic E-state index is 11.9. The van der Waals surface area contributed by atoms with Gasteiger partial charge in [0.2, 0.25) is 0 Å². The average molecular weight is 154 g/mol. The lowest BCUT2D eigenvalue weighted by atomic mass is 9.82. The normalized spacial score (nSPS) is 17.1. The predicted octanol–water partition coefficient (Wildman–Crippen LogP) is 3.23. The Labute approximate surface area is 59.4 Å². The van der Waals surface area contributed by atoms with Gasteiger partial charge in [-0.1, -0.05) is 27.7 Å². The van der Waals surface area contributed by atoms with E-state index in [1.807, 2.05) is 0 Å². The van der Waals surface area contributed by atoms with Gasteiger partial charge in [-0.05, 0) is 5.41 Å². The second kappa shape index (κ2) is 2.44. The molecule has 10 heavy (non-hydrogen) atoms. The van der Waals surface area contributed by atoms with Crippen molar-refractivity contribution >= 4 is 0 Å². The van der Waals surface area contributed by atoms with E-state index >= 15 is 0 Å². The molecule has 0 aliphatic carbocycles. The Balaban J connectivity index is 4.23. The van der Waals surface area contributed by atoms with E-state index in [0.717, 1.165) is 0 Å². The topological polar surface area (TPSA) is 0 Å². The molecule has 0 bridgehead atoms. The average Bonchev–Trinajstić information content (AvgIpc) is 1.59. The van der Waals surface area contributed by atoms with Gasteiger partial charge in [0.1, 0.15) is 0 Å². The van der Waals surface area contributed by atoms with Crippen molar-refractivity contribution in [1.29, 1.82) is 0 Å². The van der Waals surface area contributed by atoms with Crippen molar-refractivity contribution in [3.05, 3.63) is 0 Å². The maximum atomic E-state index is 11.9. The van der Waals surface area contributed by atoms with Gasteiger partial charge in [-0.25, -0.2) is 0 Å². The fourth-order valence-corrected chi connectivity index (χ4v) is 0.491. The van der Waals surface area contributed by atoms with Gasteiger partial charge in [-0.3, -0.25) is 0 Å². The Hall–Kier alpha value is -0.210. The number of alkyl halides is 3. The summed E-state index contributed by atoms with van der Waals surface area (Å²) < 4.78 is 35.8. The van der Waals surface area contributed by atoms with Gasteiger partial charge in [-0.2, -0.15) is 13.2 Å². The molecule has 0 aromatic heterocycles. The van der Waals surface area contributed by atoms with Crippen LogP contribution in [-0.4, -0.2) is 6.18 Å². The van der Waals surface area contributed by atoms with Gasteiger partial charge < -0.3 is 0 Å². The molecule has 0 spiro atoms. The lowest BCUT2D eigenvalue weighted by Gasteiger charge is -2.28. The van der Waals surface area contributed by atoms with E-state index in [2.05, 4.69) is 0 Å². The molecule has 0 aliphatic heterocycles. The largest absolute Gasteiger partial charge is 0.392 e.